The Morgan fingerprint density at radius 2 is 1.62 bits per heavy atom. The number of amides is 3. The van der Waals surface area contributed by atoms with Gasteiger partial charge in [0.15, 0.2) is 0 Å². The number of carbonyl (C=O) groups excluding carboxylic acids is 3. The van der Waals surface area contributed by atoms with Gasteiger partial charge in [-0.05, 0) is 30.5 Å². The van der Waals surface area contributed by atoms with Crippen LogP contribution in [0.15, 0.2) is 59.5 Å². The monoisotopic (exact) mass is 454 g/mol. The number of benzene rings is 2. The van der Waals surface area contributed by atoms with Gasteiger partial charge in [0.1, 0.15) is 0 Å². The van der Waals surface area contributed by atoms with Crippen LogP contribution in [0.3, 0.4) is 0 Å². The lowest BCUT2D eigenvalue weighted by Crippen LogP contribution is -2.50. The number of nitrogens with two attached hydrogens (primary N) is 1. The zero-order valence-electron chi connectivity index (χ0n) is 18.2. The van der Waals surface area contributed by atoms with Crippen molar-refractivity contribution in [3.05, 3.63) is 60.2 Å². The Hall–Kier alpha value is -2.84. The largest absolute Gasteiger partial charge is 0.369 e. The average molecular weight is 455 g/mol. The van der Waals surface area contributed by atoms with E-state index in [-0.39, 0.29) is 24.1 Å². The summed E-state index contributed by atoms with van der Waals surface area (Å²) in [5.41, 5.74) is 7.15. The van der Waals surface area contributed by atoms with Gasteiger partial charge in [0, 0.05) is 37.5 Å². The first-order valence-electron chi connectivity index (χ1n) is 10.9. The van der Waals surface area contributed by atoms with Crippen molar-refractivity contribution in [2.45, 2.75) is 24.2 Å². The van der Waals surface area contributed by atoms with Crippen LogP contribution in [-0.2, 0) is 20.8 Å². The highest BCUT2D eigenvalue weighted by atomic mass is 32.2. The smallest absolute Gasteiger partial charge is 0.238 e. The molecule has 7 nitrogen and oxygen atoms in total. The van der Waals surface area contributed by atoms with Gasteiger partial charge in [0.2, 0.25) is 17.7 Å². The molecule has 1 saturated heterocycles. The second-order valence-electron chi connectivity index (χ2n) is 7.80. The quantitative estimate of drug-likeness (QED) is 0.538. The van der Waals surface area contributed by atoms with Crippen LogP contribution in [0.2, 0.25) is 0 Å². The van der Waals surface area contributed by atoms with Gasteiger partial charge in [0.05, 0.1) is 18.0 Å². The molecule has 1 aliphatic heterocycles. The summed E-state index contributed by atoms with van der Waals surface area (Å²) in [5.74, 6) is -0.164. The number of para-hydroxylation sites is 1. The fourth-order valence-electron chi connectivity index (χ4n) is 3.64. The van der Waals surface area contributed by atoms with Crippen molar-refractivity contribution in [3.63, 3.8) is 0 Å². The van der Waals surface area contributed by atoms with Crippen molar-refractivity contribution < 1.29 is 14.4 Å². The molecule has 0 aromatic heterocycles. The molecule has 0 radical (unpaired) electrons. The van der Waals surface area contributed by atoms with Crippen molar-refractivity contribution in [1.82, 2.24) is 9.80 Å². The van der Waals surface area contributed by atoms with E-state index < -0.39 is 5.91 Å². The van der Waals surface area contributed by atoms with E-state index in [9.17, 15) is 14.4 Å². The van der Waals surface area contributed by atoms with Crippen LogP contribution in [-0.4, -0.2) is 66.0 Å². The minimum Gasteiger partial charge on any atom is -0.369 e. The van der Waals surface area contributed by atoms with Crippen molar-refractivity contribution in [2.24, 2.45) is 5.73 Å². The molecule has 1 fully saturated rings. The van der Waals surface area contributed by atoms with E-state index >= 15 is 0 Å². The predicted molar refractivity (Wildman–Crippen MR) is 127 cm³/mol. The zero-order chi connectivity index (χ0) is 22.8. The fourth-order valence-corrected chi connectivity index (χ4v) is 4.39. The van der Waals surface area contributed by atoms with E-state index in [1.54, 1.807) is 0 Å². The Kier molecular flexibility index (Phi) is 9.13. The normalized spacial score (nSPS) is 14.2. The van der Waals surface area contributed by atoms with Gasteiger partial charge < -0.3 is 16.0 Å². The molecule has 0 saturated carbocycles. The summed E-state index contributed by atoms with van der Waals surface area (Å²) >= 11 is 1.30. The van der Waals surface area contributed by atoms with E-state index in [4.69, 9.17) is 5.73 Å². The Balaban J connectivity index is 1.38. The zero-order valence-corrected chi connectivity index (χ0v) is 19.0. The van der Waals surface area contributed by atoms with Crippen LogP contribution in [0.4, 0.5) is 5.69 Å². The number of nitrogens with one attached hydrogen (secondary N) is 1. The van der Waals surface area contributed by atoms with Gasteiger partial charge in [-0.15, -0.1) is 11.8 Å². The molecule has 0 bridgehead atoms. The minimum atomic E-state index is -0.399. The Labute approximate surface area is 193 Å². The third-order valence-corrected chi connectivity index (χ3v) is 6.42. The minimum absolute atomic E-state index is 0.111. The van der Waals surface area contributed by atoms with Crippen LogP contribution < -0.4 is 11.1 Å². The lowest BCUT2D eigenvalue weighted by Gasteiger charge is -2.34. The standard InChI is InChI=1S/C24H30N4O3S/c25-22(29)18-32-21-11-5-4-10-20(21)26-23(30)17-27-13-15-28(16-14-27)24(31)12-6-9-19-7-2-1-3-8-19/h1-5,7-8,10-11H,6,9,12-18H2,(H2,25,29)(H,26,30). The molecule has 2 aromatic carbocycles. The van der Waals surface area contributed by atoms with E-state index in [0.717, 1.165) is 17.7 Å². The highest BCUT2D eigenvalue weighted by Gasteiger charge is 2.22. The lowest BCUT2D eigenvalue weighted by molar-refractivity contribution is -0.133. The van der Waals surface area contributed by atoms with Crippen LogP contribution in [0.25, 0.3) is 0 Å². The number of primary amides is 1. The van der Waals surface area contributed by atoms with E-state index in [1.165, 1.54) is 17.3 Å². The second-order valence-corrected chi connectivity index (χ2v) is 8.81. The highest BCUT2D eigenvalue weighted by Crippen LogP contribution is 2.26. The molecule has 3 rings (SSSR count). The molecule has 3 N–H and O–H groups in total. The Morgan fingerprint density at radius 1 is 0.938 bits per heavy atom. The molecule has 32 heavy (non-hydrogen) atoms. The summed E-state index contributed by atoms with van der Waals surface area (Å²) in [6, 6.07) is 17.6. The molecule has 0 aliphatic carbocycles. The van der Waals surface area contributed by atoms with Crippen LogP contribution in [0, 0.1) is 0 Å². The molecule has 8 heteroatoms. The third-order valence-electron chi connectivity index (χ3n) is 5.32. The number of rotatable bonds is 10. The molecular formula is C24H30N4O3S. The fraction of sp³-hybridized carbons (Fsp3) is 0.375. The maximum Gasteiger partial charge on any atom is 0.238 e. The van der Waals surface area contributed by atoms with Crippen LogP contribution >= 0.6 is 11.8 Å². The van der Waals surface area contributed by atoms with Gasteiger partial charge in [-0.25, -0.2) is 0 Å². The first-order valence-corrected chi connectivity index (χ1v) is 11.8. The number of thioether (sulfide) groups is 1. The maximum absolute atomic E-state index is 12.5. The summed E-state index contributed by atoms with van der Waals surface area (Å²) in [5, 5.41) is 2.92. The van der Waals surface area contributed by atoms with Crippen molar-refractivity contribution in [2.75, 3.05) is 43.8 Å². The predicted octanol–water partition coefficient (Wildman–Crippen LogP) is 2.37. The molecule has 1 aliphatic rings. The number of carbonyl (C=O) groups is 3. The molecule has 3 amide bonds. The highest BCUT2D eigenvalue weighted by molar-refractivity contribution is 8.00. The number of anilines is 1. The first-order chi connectivity index (χ1) is 15.5. The summed E-state index contributed by atoms with van der Waals surface area (Å²) < 4.78 is 0. The number of hydrogen-bond acceptors (Lipinski definition) is 5. The Morgan fingerprint density at radius 3 is 2.34 bits per heavy atom. The first kappa shape index (κ1) is 23.8. The Bertz CT molecular complexity index is 914. The van der Waals surface area contributed by atoms with Gasteiger partial charge >= 0.3 is 0 Å². The molecule has 170 valence electrons. The summed E-state index contributed by atoms with van der Waals surface area (Å²) in [4.78, 5) is 40.8. The van der Waals surface area contributed by atoms with E-state index in [1.807, 2.05) is 47.4 Å². The second kappa shape index (κ2) is 12.3. The molecule has 1 heterocycles. The van der Waals surface area contributed by atoms with Crippen LogP contribution in [0.5, 0.6) is 0 Å². The van der Waals surface area contributed by atoms with Crippen LogP contribution in [0.1, 0.15) is 18.4 Å². The topological polar surface area (TPSA) is 95.7 Å². The molecule has 0 unspecified atom stereocenters. The number of aryl methyl sites for hydroxylation is 1. The lowest BCUT2D eigenvalue weighted by atomic mass is 10.1. The third kappa shape index (κ3) is 7.69. The van der Waals surface area contributed by atoms with Gasteiger partial charge in [-0.3, -0.25) is 19.3 Å². The average Bonchev–Trinajstić information content (AvgIpc) is 2.79. The van der Waals surface area contributed by atoms with Crippen molar-refractivity contribution in [1.29, 1.82) is 0 Å². The summed E-state index contributed by atoms with van der Waals surface area (Å²) in [7, 11) is 0. The molecule has 0 atom stereocenters. The molecular weight excluding hydrogens is 424 g/mol. The maximum atomic E-state index is 12.5. The van der Waals surface area contributed by atoms with Gasteiger partial charge in [0.25, 0.3) is 0 Å². The van der Waals surface area contributed by atoms with Crippen molar-refractivity contribution in [3.8, 4) is 0 Å². The number of piperazine rings is 1. The number of nitrogens with zero attached hydrogens (tertiary/aromatic N) is 2. The number of hydrogen-bond donors (Lipinski definition) is 2. The molecule has 0 spiro atoms. The van der Waals surface area contributed by atoms with Gasteiger partial charge in [-0.2, -0.15) is 0 Å². The SMILES string of the molecule is NC(=O)CSc1ccccc1NC(=O)CN1CCN(C(=O)CCCc2ccccc2)CC1. The van der Waals surface area contributed by atoms with Gasteiger partial charge in [-0.1, -0.05) is 42.5 Å². The summed E-state index contributed by atoms with van der Waals surface area (Å²) in [6.45, 7) is 2.90. The summed E-state index contributed by atoms with van der Waals surface area (Å²) in [6.07, 6.45) is 2.31. The van der Waals surface area contributed by atoms with E-state index in [2.05, 4.69) is 22.3 Å². The molecule has 2 aromatic rings. The van der Waals surface area contributed by atoms with Crippen molar-refractivity contribution >= 4 is 35.2 Å². The van der Waals surface area contributed by atoms with E-state index in [0.29, 0.717) is 38.3 Å².